The smallest absolute Gasteiger partial charge is 0.237 e. The number of thioether (sulfide) groups is 1. The lowest BCUT2D eigenvalue weighted by atomic mass is 10.1. The van der Waals surface area contributed by atoms with Crippen LogP contribution in [-0.4, -0.2) is 52.4 Å². The fourth-order valence-corrected chi connectivity index (χ4v) is 6.64. The van der Waals surface area contributed by atoms with Crippen LogP contribution in [0.25, 0.3) is 0 Å². The molecule has 1 aliphatic heterocycles. The van der Waals surface area contributed by atoms with E-state index in [1.807, 2.05) is 80.1 Å². The van der Waals surface area contributed by atoms with Gasteiger partial charge in [0.25, 0.3) is 0 Å². The SMILES string of the molecule is CC(C)N(C(=O)CSc1nnc(C2CCS(=O)(=O)C2)n1C)c1ccc(Nc2ccccc2)cc1. The number of hydrogen-bond donors (Lipinski definition) is 1. The van der Waals surface area contributed by atoms with Crippen molar-refractivity contribution in [2.75, 3.05) is 27.5 Å². The molecule has 0 spiro atoms. The number of nitrogens with zero attached hydrogens (tertiary/aromatic N) is 4. The average Bonchev–Trinajstić information content (AvgIpc) is 3.35. The number of anilines is 3. The van der Waals surface area contributed by atoms with Gasteiger partial charge in [-0.1, -0.05) is 30.0 Å². The molecule has 180 valence electrons. The maximum atomic E-state index is 13.1. The second-order valence-corrected chi connectivity index (χ2v) is 11.9. The van der Waals surface area contributed by atoms with E-state index in [4.69, 9.17) is 0 Å². The third-order valence-corrected chi connectivity index (χ3v) is 8.56. The predicted octanol–water partition coefficient (Wildman–Crippen LogP) is 3.99. The molecule has 0 radical (unpaired) electrons. The highest BCUT2D eigenvalue weighted by Crippen LogP contribution is 2.30. The van der Waals surface area contributed by atoms with Gasteiger partial charge in [-0.25, -0.2) is 8.42 Å². The number of aromatic nitrogens is 3. The number of para-hydroxylation sites is 1. The van der Waals surface area contributed by atoms with Crippen molar-refractivity contribution in [2.24, 2.45) is 7.05 Å². The van der Waals surface area contributed by atoms with Gasteiger partial charge in [-0.15, -0.1) is 10.2 Å². The van der Waals surface area contributed by atoms with E-state index in [2.05, 4.69) is 15.5 Å². The Bertz CT molecular complexity index is 1240. The number of rotatable bonds is 8. The van der Waals surface area contributed by atoms with Crippen LogP contribution in [0.2, 0.25) is 0 Å². The van der Waals surface area contributed by atoms with Gasteiger partial charge in [0.2, 0.25) is 5.91 Å². The van der Waals surface area contributed by atoms with Crippen LogP contribution in [0.3, 0.4) is 0 Å². The summed E-state index contributed by atoms with van der Waals surface area (Å²) >= 11 is 1.32. The van der Waals surface area contributed by atoms with Gasteiger partial charge in [0.05, 0.1) is 17.3 Å². The highest BCUT2D eigenvalue weighted by molar-refractivity contribution is 7.99. The Kier molecular flexibility index (Phi) is 7.27. The number of amides is 1. The minimum atomic E-state index is -3.00. The van der Waals surface area contributed by atoms with Gasteiger partial charge in [0, 0.05) is 36.1 Å². The Morgan fingerprint density at radius 2 is 1.79 bits per heavy atom. The molecule has 1 N–H and O–H groups in total. The van der Waals surface area contributed by atoms with Gasteiger partial charge in [0.1, 0.15) is 5.82 Å². The molecule has 0 bridgehead atoms. The number of carbonyl (C=O) groups is 1. The first-order valence-corrected chi connectivity index (χ1v) is 14.0. The molecule has 34 heavy (non-hydrogen) atoms. The van der Waals surface area contributed by atoms with Crippen molar-refractivity contribution in [1.82, 2.24) is 14.8 Å². The van der Waals surface area contributed by atoms with Crippen molar-refractivity contribution in [3.05, 3.63) is 60.4 Å². The fraction of sp³-hybridized carbons (Fsp3) is 0.375. The van der Waals surface area contributed by atoms with Crippen molar-refractivity contribution in [3.8, 4) is 0 Å². The average molecular weight is 500 g/mol. The van der Waals surface area contributed by atoms with Crippen LogP contribution in [0, 0.1) is 0 Å². The molecule has 2 heterocycles. The third kappa shape index (κ3) is 5.61. The summed E-state index contributed by atoms with van der Waals surface area (Å²) in [7, 11) is -1.18. The molecule has 1 unspecified atom stereocenters. The van der Waals surface area contributed by atoms with Crippen molar-refractivity contribution in [3.63, 3.8) is 0 Å². The zero-order chi connectivity index (χ0) is 24.3. The first-order valence-electron chi connectivity index (χ1n) is 11.2. The Labute approximate surface area is 204 Å². The summed E-state index contributed by atoms with van der Waals surface area (Å²) < 4.78 is 25.4. The topological polar surface area (TPSA) is 97.2 Å². The Morgan fingerprint density at radius 1 is 1.12 bits per heavy atom. The van der Waals surface area contributed by atoms with Gasteiger partial charge in [0.15, 0.2) is 15.0 Å². The molecule has 0 saturated carbocycles. The summed E-state index contributed by atoms with van der Waals surface area (Å²) in [6, 6.07) is 17.7. The van der Waals surface area contributed by atoms with Crippen molar-refractivity contribution in [1.29, 1.82) is 0 Å². The van der Waals surface area contributed by atoms with Crippen LogP contribution in [-0.2, 0) is 21.7 Å². The number of carbonyl (C=O) groups excluding carboxylic acids is 1. The van der Waals surface area contributed by atoms with Gasteiger partial charge < -0.3 is 14.8 Å². The van der Waals surface area contributed by atoms with Crippen LogP contribution in [0.4, 0.5) is 17.1 Å². The van der Waals surface area contributed by atoms with E-state index < -0.39 is 9.84 Å². The second-order valence-electron chi connectivity index (χ2n) is 8.68. The van der Waals surface area contributed by atoms with E-state index in [1.54, 1.807) is 4.90 Å². The number of sulfone groups is 1. The lowest BCUT2D eigenvalue weighted by molar-refractivity contribution is -0.116. The number of hydrogen-bond acceptors (Lipinski definition) is 7. The fourth-order valence-electron chi connectivity index (χ4n) is 4.13. The van der Waals surface area contributed by atoms with E-state index >= 15 is 0 Å². The molecule has 1 amide bonds. The van der Waals surface area contributed by atoms with Crippen LogP contribution >= 0.6 is 11.8 Å². The molecular formula is C24H29N5O3S2. The maximum absolute atomic E-state index is 13.1. The molecule has 0 aliphatic carbocycles. The lowest BCUT2D eigenvalue weighted by Gasteiger charge is -2.27. The minimum Gasteiger partial charge on any atom is -0.356 e. The van der Waals surface area contributed by atoms with E-state index in [-0.39, 0.29) is 35.1 Å². The molecule has 10 heteroatoms. The van der Waals surface area contributed by atoms with Crippen LogP contribution in [0.15, 0.2) is 59.8 Å². The lowest BCUT2D eigenvalue weighted by Crippen LogP contribution is -2.38. The molecule has 8 nitrogen and oxygen atoms in total. The van der Waals surface area contributed by atoms with Crippen LogP contribution < -0.4 is 10.2 Å². The summed E-state index contributed by atoms with van der Waals surface area (Å²) in [5.74, 6) is 1.00. The zero-order valence-corrected chi connectivity index (χ0v) is 21.1. The molecule has 1 aromatic heterocycles. The highest BCUT2D eigenvalue weighted by Gasteiger charge is 2.32. The summed E-state index contributed by atoms with van der Waals surface area (Å²) in [5, 5.41) is 12.4. The Balaban J connectivity index is 1.41. The molecule has 3 aromatic rings. The van der Waals surface area contributed by atoms with E-state index in [0.29, 0.717) is 17.4 Å². The summed E-state index contributed by atoms with van der Waals surface area (Å²) in [5.41, 5.74) is 2.77. The van der Waals surface area contributed by atoms with Crippen LogP contribution in [0.1, 0.15) is 32.0 Å². The van der Waals surface area contributed by atoms with Crippen molar-refractivity contribution < 1.29 is 13.2 Å². The molecule has 2 aromatic carbocycles. The highest BCUT2D eigenvalue weighted by atomic mass is 32.2. The normalized spacial score (nSPS) is 17.1. The predicted molar refractivity (Wildman–Crippen MR) is 137 cm³/mol. The Morgan fingerprint density at radius 3 is 2.41 bits per heavy atom. The number of benzene rings is 2. The molecule has 1 atom stereocenters. The summed E-state index contributed by atoms with van der Waals surface area (Å²) in [6.07, 6.45) is 0.564. The quantitative estimate of drug-likeness (QED) is 0.468. The molecule has 1 fully saturated rings. The third-order valence-electron chi connectivity index (χ3n) is 5.78. The van der Waals surface area contributed by atoms with Crippen molar-refractivity contribution in [2.45, 2.75) is 37.4 Å². The maximum Gasteiger partial charge on any atom is 0.237 e. The van der Waals surface area contributed by atoms with Gasteiger partial charge in [-0.2, -0.15) is 0 Å². The first kappa shape index (κ1) is 24.3. The zero-order valence-electron chi connectivity index (χ0n) is 19.5. The molecular weight excluding hydrogens is 470 g/mol. The van der Waals surface area contributed by atoms with Gasteiger partial charge >= 0.3 is 0 Å². The first-order chi connectivity index (χ1) is 16.2. The number of nitrogens with one attached hydrogen (secondary N) is 1. The Hall–Kier alpha value is -2.85. The van der Waals surface area contributed by atoms with Gasteiger partial charge in [-0.05, 0) is 56.7 Å². The van der Waals surface area contributed by atoms with E-state index in [9.17, 15) is 13.2 Å². The second kappa shape index (κ2) is 10.2. The summed E-state index contributed by atoms with van der Waals surface area (Å²) in [4.78, 5) is 14.9. The van der Waals surface area contributed by atoms with Crippen LogP contribution in [0.5, 0.6) is 0 Å². The minimum absolute atomic E-state index is 0.0141. The molecule has 4 rings (SSSR count). The van der Waals surface area contributed by atoms with Gasteiger partial charge in [-0.3, -0.25) is 4.79 Å². The molecule has 1 aliphatic rings. The largest absolute Gasteiger partial charge is 0.356 e. The van der Waals surface area contributed by atoms with E-state index in [0.717, 1.165) is 17.1 Å². The standard InChI is InChI=1S/C24H29N5O3S2/c1-17(2)29(21-11-9-20(10-12-21)25-19-7-5-4-6-8-19)22(30)15-33-24-27-26-23(28(24)3)18-13-14-34(31,32)16-18/h4-12,17-18,25H,13-16H2,1-3H3. The summed E-state index contributed by atoms with van der Waals surface area (Å²) in [6.45, 7) is 3.97. The van der Waals surface area contributed by atoms with E-state index in [1.165, 1.54) is 11.8 Å². The van der Waals surface area contributed by atoms with Crippen molar-refractivity contribution >= 4 is 44.6 Å². The monoisotopic (exact) mass is 499 g/mol. The molecule has 1 saturated heterocycles.